The minimum atomic E-state index is -0.351. The fraction of sp³-hybridized carbons (Fsp3) is 0. The molecular formula is C24H14N2O2. The molecule has 5 aromatic rings. The van der Waals surface area contributed by atoms with Crippen LogP contribution in [0.5, 0.6) is 0 Å². The zero-order valence-electron chi connectivity index (χ0n) is 14.8. The van der Waals surface area contributed by atoms with Crippen LogP contribution in [0.1, 0.15) is 20.7 Å². The van der Waals surface area contributed by atoms with Gasteiger partial charge in [-0.05, 0) is 35.7 Å². The monoisotopic (exact) mass is 362 g/mol. The first-order valence-electron chi connectivity index (χ1n) is 9.13. The van der Waals surface area contributed by atoms with Crippen LogP contribution >= 0.6 is 0 Å². The number of imide groups is 1. The molecule has 0 unspecified atom stereocenters. The van der Waals surface area contributed by atoms with E-state index in [-0.39, 0.29) is 11.8 Å². The highest BCUT2D eigenvalue weighted by molar-refractivity contribution is 6.26. The lowest BCUT2D eigenvalue weighted by molar-refractivity contribution is 0.0845. The maximum absolute atomic E-state index is 12.6. The van der Waals surface area contributed by atoms with Gasteiger partial charge < -0.3 is 4.57 Å². The first-order chi connectivity index (χ1) is 13.7. The summed E-state index contributed by atoms with van der Waals surface area (Å²) in [7, 11) is 0. The van der Waals surface area contributed by atoms with Gasteiger partial charge in [-0.25, -0.2) is 0 Å². The molecule has 0 radical (unpaired) electrons. The van der Waals surface area contributed by atoms with E-state index in [1.54, 1.807) is 6.07 Å². The average Bonchev–Trinajstić information content (AvgIpc) is 3.06. The number of para-hydroxylation sites is 2. The second kappa shape index (κ2) is 5.30. The molecule has 0 bridgehead atoms. The van der Waals surface area contributed by atoms with Crippen molar-refractivity contribution in [2.75, 3.05) is 0 Å². The highest BCUT2D eigenvalue weighted by Crippen LogP contribution is 2.35. The van der Waals surface area contributed by atoms with Crippen molar-refractivity contribution in [1.82, 2.24) is 9.88 Å². The number of hydrogen-bond donors (Lipinski definition) is 1. The van der Waals surface area contributed by atoms with Gasteiger partial charge in [-0.3, -0.25) is 14.9 Å². The van der Waals surface area contributed by atoms with Crippen molar-refractivity contribution in [2.45, 2.75) is 0 Å². The van der Waals surface area contributed by atoms with Gasteiger partial charge in [0.05, 0.1) is 16.6 Å². The molecule has 1 aliphatic heterocycles. The number of benzene rings is 4. The Kier molecular flexibility index (Phi) is 2.87. The Balaban J connectivity index is 1.78. The quantitative estimate of drug-likeness (QED) is 0.435. The lowest BCUT2D eigenvalue weighted by atomic mass is 9.94. The van der Waals surface area contributed by atoms with E-state index in [0.29, 0.717) is 11.1 Å². The van der Waals surface area contributed by atoms with E-state index in [0.717, 1.165) is 27.5 Å². The molecule has 1 N–H and O–H groups in total. The molecule has 132 valence electrons. The Hall–Kier alpha value is -3.92. The van der Waals surface area contributed by atoms with Crippen LogP contribution in [-0.2, 0) is 0 Å². The number of amides is 2. The third-order valence-electron chi connectivity index (χ3n) is 5.52. The summed E-state index contributed by atoms with van der Waals surface area (Å²) in [5.41, 5.74) is 4.14. The number of carbonyl (C=O) groups excluding carboxylic acids is 2. The van der Waals surface area contributed by atoms with Gasteiger partial charge in [0.25, 0.3) is 11.8 Å². The molecule has 4 heteroatoms. The van der Waals surface area contributed by atoms with Crippen LogP contribution in [0, 0.1) is 0 Å². The van der Waals surface area contributed by atoms with Gasteiger partial charge in [0.15, 0.2) is 0 Å². The summed E-state index contributed by atoms with van der Waals surface area (Å²) in [5, 5.41) is 6.40. The largest absolute Gasteiger partial charge is 0.309 e. The Morgan fingerprint density at radius 1 is 0.643 bits per heavy atom. The molecule has 0 saturated heterocycles. The standard InChI is InChI=1S/C24H14N2O2/c27-23-18-9-5-6-14-12-15(13-19(22(14)18)24(28)25-23)26-20-10-3-1-7-16(20)17-8-2-4-11-21(17)26/h1-13H,(H,25,27,28). The molecule has 28 heavy (non-hydrogen) atoms. The van der Waals surface area contributed by atoms with Gasteiger partial charge in [-0.1, -0.05) is 48.5 Å². The lowest BCUT2D eigenvalue weighted by Crippen LogP contribution is -2.34. The fourth-order valence-electron chi connectivity index (χ4n) is 4.35. The third-order valence-corrected chi connectivity index (χ3v) is 5.52. The van der Waals surface area contributed by atoms with Gasteiger partial charge in [0, 0.05) is 27.4 Å². The Labute approximate surface area is 160 Å². The van der Waals surface area contributed by atoms with Gasteiger partial charge in [-0.15, -0.1) is 0 Å². The second-order valence-electron chi connectivity index (χ2n) is 7.05. The number of aromatic nitrogens is 1. The van der Waals surface area contributed by atoms with Gasteiger partial charge in [0.2, 0.25) is 0 Å². The van der Waals surface area contributed by atoms with Crippen LogP contribution < -0.4 is 5.32 Å². The number of fused-ring (bicyclic) bond motifs is 3. The summed E-state index contributed by atoms with van der Waals surface area (Å²) < 4.78 is 2.18. The van der Waals surface area contributed by atoms with Crippen molar-refractivity contribution >= 4 is 44.4 Å². The van der Waals surface area contributed by atoms with E-state index in [2.05, 4.69) is 34.1 Å². The van der Waals surface area contributed by atoms with Crippen molar-refractivity contribution in [2.24, 2.45) is 0 Å². The molecule has 1 aromatic heterocycles. The number of nitrogens with one attached hydrogen (secondary N) is 1. The molecule has 2 amide bonds. The van der Waals surface area contributed by atoms with Crippen LogP contribution in [0.2, 0.25) is 0 Å². The zero-order valence-corrected chi connectivity index (χ0v) is 14.8. The van der Waals surface area contributed by atoms with Crippen LogP contribution in [0.25, 0.3) is 38.3 Å². The summed E-state index contributed by atoms with van der Waals surface area (Å²) in [4.78, 5) is 24.8. The summed E-state index contributed by atoms with van der Waals surface area (Å²) >= 11 is 0. The molecule has 6 rings (SSSR count). The lowest BCUT2D eigenvalue weighted by Gasteiger charge is -2.18. The normalized spacial score (nSPS) is 13.4. The van der Waals surface area contributed by atoms with E-state index in [9.17, 15) is 9.59 Å². The first kappa shape index (κ1) is 15.2. The Morgan fingerprint density at radius 3 is 2.00 bits per heavy atom. The zero-order chi connectivity index (χ0) is 18.8. The Morgan fingerprint density at radius 2 is 1.29 bits per heavy atom. The predicted octanol–water partition coefficient (Wildman–Crippen LogP) is 4.82. The summed E-state index contributed by atoms with van der Waals surface area (Å²) in [6, 6.07) is 26.0. The molecule has 4 nitrogen and oxygen atoms in total. The maximum atomic E-state index is 12.6. The molecular weight excluding hydrogens is 348 g/mol. The highest BCUT2D eigenvalue weighted by Gasteiger charge is 2.26. The van der Waals surface area contributed by atoms with E-state index < -0.39 is 0 Å². The van der Waals surface area contributed by atoms with E-state index >= 15 is 0 Å². The number of rotatable bonds is 1. The van der Waals surface area contributed by atoms with Crippen molar-refractivity contribution in [3.8, 4) is 5.69 Å². The second-order valence-corrected chi connectivity index (χ2v) is 7.05. The van der Waals surface area contributed by atoms with Crippen molar-refractivity contribution < 1.29 is 9.59 Å². The SMILES string of the molecule is O=C1NC(=O)c2cc(-n3c4ccccc4c4ccccc43)cc3cccc1c23. The molecule has 2 heterocycles. The van der Waals surface area contributed by atoms with Gasteiger partial charge >= 0.3 is 0 Å². The van der Waals surface area contributed by atoms with Crippen LogP contribution in [0.4, 0.5) is 0 Å². The smallest absolute Gasteiger partial charge is 0.258 e. The summed E-state index contributed by atoms with van der Waals surface area (Å²) in [6.07, 6.45) is 0. The van der Waals surface area contributed by atoms with E-state index in [1.165, 1.54) is 10.8 Å². The van der Waals surface area contributed by atoms with Gasteiger partial charge in [0.1, 0.15) is 0 Å². The van der Waals surface area contributed by atoms with Crippen LogP contribution in [-0.4, -0.2) is 16.4 Å². The number of hydrogen-bond acceptors (Lipinski definition) is 2. The molecule has 0 fully saturated rings. The molecule has 1 aliphatic rings. The molecule has 0 aliphatic carbocycles. The molecule has 4 aromatic carbocycles. The summed E-state index contributed by atoms with van der Waals surface area (Å²) in [6.45, 7) is 0. The first-order valence-corrected chi connectivity index (χ1v) is 9.13. The van der Waals surface area contributed by atoms with Crippen LogP contribution in [0.15, 0.2) is 78.9 Å². The summed E-state index contributed by atoms with van der Waals surface area (Å²) in [5.74, 6) is -0.691. The topological polar surface area (TPSA) is 51.1 Å². The fourth-order valence-corrected chi connectivity index (χ4v) is 4.35. The predicted molar refractivity (Wildman–Crippen MR) is 110 cm³/mol. The number of carbonyl (C=O) groups is 2. The van der Waals surface area contributed by atoms with Crippen molar-refractivity contribution in [3.63, 3.8) is 0 Å². The van der Waals surface area contributed by atoms with Gasteiger partial charge in [-0.2, -0.15) is 0 Å². The number of nitrogens with zero attached hydrogens (tertiary/aromatic N) is 1. The maximum Gasteiger partial charge on any atom is 0.258 e. The molecule has 0 atom stereocenters. The van der Waals surface area contributed by atoms with Crippen molar-refractivity contribution in [1.29, 1.82) is 0 Å². The third kappa shape index (κ3) is 1.89. The highest BCUT2D eigenvalue weighted by atomic mass is 16.2. The van der Waals surface area contributed by atoms with Crippen LogP contribution in [0.3, 0.4) is 0 Å². The average molecular weight is 362 g/mol. The van der Waals surface area contributed by atoms with Crippen molar-refractivity contribution in [3.05, 3.63) is 90.0 Å². The molecule has 0 saturated carbocycles. The van der Waals surface area contributed by atoms with E-state index in [4.69, 9.17) is 0 Å². The minimum absolute atomic E-state index is 0.340. The minimum Gasteiger partial charge on any atom is -0.309 e. The van der Waals surface area contributed by atoms with E-state index in [1.807, 2.05) is 48.5 Å². The molecule has 0 spiro atoms. The Bertz CT molecular complexity index is 1420.